The lowest BCUT2D eigenvalue weighted by molar-refractivity contribution is 0.625. The Hall–Kier alpha value is -2.14. The van der Waals surface area contributed by atoms with Crippen LogP contribution in [0.25, 0.3) is 0 Å². The topological polar surface area (TPSA) is 49.3 Å². The molecule has 24 heavy (non-hydrogen) atoms. The molecule has 0 bridgehead atoms. The van der Waals surface area contributed by atoms with Gasteiger partial charge in [-0.25, -0.2) is 14.4 Å². The Morgan fingerprint density at radius 1 is 1.25 bits per heavy atom. The van der Waals surface area contributed by atoms with E-state index < -0.39 is 0 Å². The van der Waals surface area contributed by atoms with Crippen molar-refractivity contribution in [2.24, 2.45) is 4.99 Å². The van der Waals surface area contributed by atoms with Crippen molar-refractivity contribution in [3.8, 4) is 0 Å². The van der Waals surface area contributed by atoms with Crippen molar-refractivity contribution in [3.63, 3.8) is 0 Å². The Morgan fingerprint density at radius 3 is 2.75 bits per heavy atom. The Morgan fingerprint density at radius 2 is 2.08 bits per heavy atom. The van der Waals surface area contributed by atoms with Crippen LogP contribution in [0.3, 0.4) is 0 Å². The molecule has 2 N–H and O–H groups in total. The predicted molar refractivity (Wildman–Crippen MR) is 96.9 cm³/mol. The van der Waals surface area contributed by atoms with Gasteiger partial charge >= 0.3 is 0 Å². The second kappa shape index (κ2) is 9.23. The van der Waals surface area contributed by atoms with Crippen molar-refractivity contribution in [2.75, 3.05) is 13.1 Å². The van der Waals surface area contributed by atoms with Crippen molar-refractivity contribution in [1.29, 1.82) is 0 Å². The monoisotopic (exact) mass is 348 g/mol. The molecule has 1 heterocycles. The van der Waals surface area contributed by atoms with Crippen LogP contribution in [-0.4, -0.2) is 24.0 Å². The molecule has 1 aromatic heterocycles. The summed E-state index contributed by atoms with van der Waals surface area (Å²) in [4.78, 5) is 8.58. The van der Waals surface area contributed by atoms with E-state index in [9.17, 15) is 4.39 Å². The summed E-state index contributed by atoms with van der Waals surface area (Å²) in [5.41, 5.74) is 3.08. The minimum Gasteiger partial charge on any atom is -0.357 e. The van der Waals surface area contributed by atoms with Gasteiger partial charge in [-0.1, -0.05) is 23.7 Å². The third kappa shape index (κ3) is 5.81. The Balaban J connectivity index is 1.90. The zero-order chi connectivity index (χ0) is 17.4. The third-order valence-corrected chi connectivity index (χ3v) is 3.77. The van der Waals surface area contributed by atoms with Gasteiger partial charge in [0.2, 0.25) is 0 Å². The molecule has 0 aliphatic heterocycles. The first-order valence-corrected chi connectivity index (χ1v) is 8.34. The summed E-state index contributed by atoms with van der Waals surface area (Å²) < 4.78 is 13.1. The zero-order valence-corrected chi connectivity index (χ0v) is 14.7. The molecule has 4 nitrogen and oxygen atoms in total. The van der Waals surface area contributed by atoms with Crippen LogP contribution < -0.4 is 10.6 Å². The largest absolute Gasteiger partial charge is 0.357 e. The summed E-state index contributed by atoms with van der Waals surface area (Å²) in [5.74, 6) is 0.544. The quantitative estimate of drug-likeness (QED) is 0.477. The zero-order valence-electron chi connectivity index (χ0n) is 13.9. The summed E-state index contributed by atoms with van der Waals surface area (Å²) >= 11 is 5.78. The maximum Gasteiger partial charge on any atom is 0.191 e. The molecule has 0 saturated carbocycles. The molecule has 0 aliphatic rings. The number of hydrogen-bond acceptors (Lipinski definition) is 2. The number of rotatable bonds is 6. The lowest BCUT2D eigenvalue weighted by Gasteiger charge is -2.12. The standard InChI is InChI=1S/C18H22ClFN4/c1-3-21-18(24-12-14-4-7-17(19)23-11-14)22-9-8-15-5-6-16(20)10-13(15)2/h4-7,10-11H,3,8-9,12H2,1-2H3,(H2,21,22,24). The highest BCUT2D eigenvalue weighted by Gasteiger charge is 2.02. The van der Waals surface area contributed by atoms with E-state index in [1.807, 2.05) is 26.0 Å². The minimum atomic E-state index is -0.198. The van der Waals surface area contributed by atoms with Gasteiger partial charge in [-0.3, -0.25) is 0 Å². The predicted octanol–water partition coefficient (Wildman–Crippen LogP) is 3.48. The molecule has 0 atom stereocenters. The number of guanidine groups is 1. The van der Waals surface area contributed by atoms with Crippen LogP contribution in [0.5, 0.6) is 0 Å². The van der Waals surface area contributed by atoms with Gasteiger partial charge in [0.25, 0.3) is 0 Å². The number of benzene rings is 1. The second-order valence-electron chi connectivity index (χ2n) is 5.43. The van der Waals surface area contributed by atoms with Crippen LogP contribution in [0.15, 0.2) is 41.5 Å². The van der Waals surface area contributed by atoms with Gasteiger partial charge in [-0.15, -0.1) is 0 Å². The summed E-state index contributed by atoms with van der Waals surface area (Å²) in [6.45, 7) is 5.96. The molecule has 0 amide bonds. The van der Waals surface area contributed by atoms with Crippen LogP contribution >= 0.6 is 11.6 Å². The van der Waals surface area contributed by atoms with Crippen molar-refractivity contribution in [2.45, 2.75) is 26.8 Å². The highest BCUT2D eigenvalue weighted by molar-refractivity contribution is 6.29. The summed E-state index contributed by atoms with van der Waals surface area (Å²) in [6.07, 6.45) is 2.52. The van der Waals surface area contributed by atoms with Gasteiger partial charge in [0.15, 0.2) is 5.96 Å². The van der Waals surface area contributed by atoms with Crippen molar-refractivity contribution < 1.29 is 4.39 Å². The molecule has 2 aromatic rings. The van der Waals surface area contributed by atoms with Gasteiger partial charge in [0.1, 0.15) is 11.0 Å². The molecular weight excluding hydrogens is 327 g/mol. The van der Waals surface area contributed by atoms with E-state index in [-0.39, 0.29) is 5.82 Å². The summed E-state index contributed by atoms with van der Waals surface area (Å²) in [7, 11) is 0. The van der Waals surface area contributed by atoms with Gasteiger partial charge < -0.3 is 10.6 Å². The Bertz CT molecular complexity index is 686. The van der Waals surface area contributed by atoms with Crippen molar-refractivity contribution in [1.82, 2.24) is 15.6 Å². The number of nitrogens with one attached hydrogen (secondary N) is 2. The third-order valence-electron chi connectivity index (χ3n) is 3.54. The molecule has 0 saturated heterocycles. The number of pyridine rings is 1. The van der Waals surface area contributed by atoms with Gasteiger partial charge in [0, 0.05) is 19.3 Å². The van der Waals surface area contributed by atoms with Crippen LogP contribution in [0.1, 0.15) is 23.6 Å². The molecular formula is C18H22ClFN4. The van der Waals surface area contributed by atoms with E-state index in [0.29, 0.717) is 11.7 Å². The molecule has 0 unspecified atom stereocenters. The fraction of sp³-hybridized carbons (Fsp3) is 0.333. The summed E-state index contributed by atoms with van der Waals surface area (Å²) in [6, 6.07) is 8.54. The second-order valence-corrected chi connectivity index (χ2v) is 5.82. The molecule has 0 fully saturated rings. The van der Waals surface area contributed by atoms with Crippen LogP contribution in [0.4, 0.5) is 4.39 Å². The normalized spacial score (nSPS) is 11.4. The first-order chi connectivity index (χ1) is 11.6. The average Bonchev–Trinajstić information content (AvgIpc) is 2.56. The number of aromatic nitrogens is 1. The van der Waals surface area contributed by atoms with E-state index >= 15 is 0 Å². The lowest BCUT2D eigenvalue weighted by Crippen LogP contribution is -2.38. The Kier molecular flexibility index (Phi) is 7.00. The number of aliphatic imine (C=N–C) groups is 1. The summed E-state index contributed by atoms with van der Waals surface area (Å²) in [5, 5.41) is 6.97. The van der Waals surface area contributed by atoms with E-state index in [4.69, 9.17) is 11.6 Å². The average molecular weight is 349 g/mol. The van der Waals surface area contributed by atoms with E-state index in [0.717, 1.165) is 42.2 Å². The molecule has 0 spiro atoms. The van der Waals surface area contributed by atoms with Gasteiger partial charge in [0.05, 0.1) is 6.54 Å². The fourth-order valence-electron chi connectivity index (χ4n) is 2.27. The number of halogens is 2. The van der Waals surface area contributed by atoms with Crippen LogP contribution in [0, 0.1) is 12.7 Å². The van der Waals surface area contributed by atoms with E-state index in [1.54, 1.807) is 18.3 Å². The molecule has 1 aromatic carbocycles. The van der Waals surface area contributed by atoms with Crippen molar-refractivity contribution >= 4 is 17.6 Å². The molecule has 6 heteroatoms. The van der Waals surface area contributed by atoms with E-state index in [2.05, 4.69) is 20.6 Å². The molecule has 128 valence electrons. The van der Waals surface area contributed by atoms with Crippen LogP contribution in [-0.2, 0) is 13.0 Å². The van der Waals surface area contributed by atoms with Crippen LogP contribution in [0.2, 0.25) is 5.15 Å². The first-order valence-electron chi connectivity index (χ1n) is 7.96. The number of nitrogens with zero attached hydrogens (tertiary/aromatic N) is 2. The van der Waals surface area contributed by atoms with Crippen molar-refractivity contribution in [3.05, 3.63) is 64.2 Å². The highest BCUT2D eigenvalue weighted by atomic mass is 35.5. The fourth-order valence-corrected chi connectivity index (χ4v) is 2.38. The van der Waals surface area contributed by atoms with Gasteiger partial charge in [-0.05, 0) is 55.2 Å². The molecule has 2 rings (SSSR count). The molecule has 0 radical (unpaired) electrons. The molecule has 0 aliphatic carbocycles. The number of aryl methyl sites for hydroxylation is 1. The maximum absolute atomic E-state index is 13.1. The maximum atomic E-state index is 13.1. The number of hydrogen-bond donors (Lipinski definition) is 2. The Labute approximate surface area is 147 Å². The first kappa shape index (κ1) is 18.2. The van der Waals surface area contributed by atoms with E-state index in [1.165, 1.54) is 6.07 Å². The SMILES string of the molecule is CCNC(=NCc1ccc(Cl)nc1)NCCc1ccc(F)cc1C. The smallest absolute Gasteiger partial charge is 0.191 e. The van der Waals surface area contributed by atoms with Gasteiger partial charge in [-0.2, -0.15) is 0 Å². The minimum absolute atomic E-state index is 0.198. The lowest BCUT2D eigenvalue weighted by atomic mass is 10.1. The highest BCUT2D eigenvalue weighted by Crippen LogP contribution is 2.10.